The second-order valence-electron chi connectivity index (χ2n) is 6.18. The number of halogens is 1. The van der Waals surface area contributed by atoms with Crippen molar-refractivity contribution in [1.29, 1.82) is 0 Å². The molecule has 0 spiro atoms. The number of aromatic nitrogens is 2. The first-order chi connectivity index (χ1) is 8.96. The molecule has 0 saturated heterocycles. The number of ether oxygens (including phenoxy) is 1. The van der Waals surface area contributed by atoms with E-state index in [1.54, 1.807) is 19.5 Å². The molecule has 1 aromatic rings. The molecule has 0 aliphatic heterocycles. The van der Waals surface area contributed by atoms with Gasteiger partial charge in [0.25, 0.3) is 0 Å². The van der Waals surface area contributed by atoms with Crippen molar-refractivity contribution in [2.45, 2.75) is 50.8 Å². The standard InChI is InChI=1S/C15H23ClN2O/c1-10-5-6-11(12(16)9-10)15(2,3)13-14(19-4)18-8-7-17-13/h7-8,10-12H,5-6,9H2,1-4H3. The van der Waals surface area contributed by atoms with Gasteiger partial charge in [0.05, 0.1) is 7.11 Å². The van der Waals surface area contributed by atoms with Crippen molar-refractivity contribution in [3.05, 3.63) is 18.1 Å². The van der Waals surface area contributed by atoms with Gasteiger partial charge in [-0.2, -0.15) is 0 Å². The third-order valence-corrected chi connectivity index (χ3v) is 4.91. The third-order valence-electron chi connectivity index (χ3n) is 4.43. The zero-order valence-electron chi connectivity index (χ0n) is 12.2. The van der Waals surface area contributed by atoms with Crippen molar-refractivity contribution in [3.63, 3.8) is 0 Å². The van der Waals surface area contributed by atoms with Gasteiger partial charge in [-0.15, -0.1) is 11.6 Å². The van der Waals surface area contributed by atoms with Crippen LogP contribution in [0.1, 0.15) is 45.7 Å². The molecule has 1 heterocycles. The summed E-state index contributed by atoms with van der Waals surface area (Å²) >= 11 is 6.62. The van der Waals surface area contributed by atoms with E-state index >= 15 is 0 Å². The smallest absolute Gasteiger partial charge is 0.235 e. The first kappa shape index (κ1) is 14.6. The van der Waals surface area contributed by atoms with Crippen molar-refractivity contribution < 1.29 is 4.74 Å². The van der Waals surface area contributed by atoms with Gasteiger partial charge in [-0.25, -0.2) is 4.98 Å². The van der Waals surface area contributed by atoms with Crippen LogP contribution in [-0.2, 0) is 5.41 Å². The van der Waals surface area contributed by atoms with Crippen LogP contribution < -0.4 is 4.74 Å². The number of alkyl halides is 1. The second-order valence-corrected chi connectivity index (χ2v) is 6.74. The number of methoxy groups -OCH3 is 1. The van der Waals surface area contributed by atoms with E-state index in [4.69, 9.17) is 16.3 Å². The predicted molar refractivity (Wildman–Crippen MR) is 77.8 cm³/mol. The molecule has 3 unspecified atom stereocenters. The molecule has 3 atom stereocenters. The highest BCUT2D eigenvalue weighted by molar-refractivity contribution is 6.20. The maximum absolute atomic E-state index is 6.62. The quantitative estimate of drug-likeness (QED) is 0.791. The molecule has 0 aromatic carbocycles. The van der Waals surface area contributed by atoms with Crippen LogP contribution in [0.5, 0.6) is 5.88 Å². The summed E-state index contributed by atoms with van der Waals surface area (Å²) in [5.74, 6) is 1.75. The Bertz CT molecular complexity index is 436. The van der Waals surface area contributed by atoms with Crippen molar-refractivity contribution in [2.75, 3.05) is 7.11 Å². The molecular weight excluding hydrogens is 260 g/mol. The van der Waals surface area contributed by atoms with E-state index in [0.29, 0.717) is 11.8 Å². The van der Waals surface area contributed by atoms with Crippen LogP contribution >= 0.6 is 11.6 Å². The van der Waals surface area contributed by atoms with E-state index in [9.17, 15) is 0 Å². The molecule has 106 valence electrons. The molecular formula is C15H23ClN2O. The monoisotopic (exact) mass is 282 g/mol. The lowest BCUT2D eigenvalue weighted by Gasteiger charge is -2.41. The minimum atomic E-state index is -0.119. The van der Waals surface area contributed by atoms with E-state index in [0.717, 1.165) is 24.5 Å². The van der Waals surface area contributed by atoms with Gasteiger partial charge >= 0.3 is 0 Å². The van der Waals surface area contributed by atoms with Gasteiger partial charge in [-0.1, -0.05) is 27.2 Å². The van der Waals surface area contributed by atoms with Gasteiger partial charge in [0.1, 0.15) is 5.69 Å². The van der Waals surface area contributed by atoms with Gasteiger partial charge < -0.3 is 4.74 Å². The summed E-state index contributed by atoms with van der Waals surface area (Å²) in [7, 11) is 1.64. The van der Waals surface area contributed by atoms with Gasteiger partial charge in [0, 0.05) is 23.2 Å². The first-order valence-electron chi connectivity index (χ1n) is 6.96. The van der Waals surface area contributed by atoms with E-state index < -0.39 is 0 Å². The molecule has 3 nitrogen and oxygen atoms in total. The maximum atomic E-state index is 6.62. The first-order valence-corrected chi connectivity index (χ1v) is 7.40. The average molecular weight is 283 g/mol. The Morgan fingerprint density at radius 1 is 1.26 bits per heavy atom. The van der Waals surface area contributed by atoms with Crippen LogP contribution in [-0.4, -0.2) is 22.5 Å². The van der Waals surface area contributed by atoms with Crippen LogP contribution in [0.4, 0.5) is 0 Å². The number of hydrogen-bond donors (Lipinski definition) is 0. The van der Waals surface area contributed by atoms with Gasteiger partial charge in [-0.3, -0.25) is 4.98 Å². The average Bonchev–Trinajstić information content (AvgIpc) is 2.38. The van der Waals surface area contributed by atoms with Gasteiger partial charge in [-0.05, 0) is 24.7 Å². The fourth-order valence-corrected chi connectivity index (χ4v) is 3.96. The summed E-state index contributed by atoms with van der Waals surface area (Å²) < 4.78 is 5.36. The Kier molecular flexibility index (Phi) is 4.34. The minimum absolute atomic E-state index is 0.119. The summed E-state index contributed by atoms with van der Waals surface area (Å²) in [5, 5.41) is 0.200. The molecule has 19 heavy (non-hydrogen) atoms. The molecule has 1 fully saturated rings. The lowest BCUT2D eigenvalue weighted by Crippen LogP contribution is -2.39. The summed E-state index contributed by atoms with van der Waals surface area (Å²) in [5.41, 5.74) is 0.800. The van der Waals surface area contributed by atoms with Crippen LogP contribution in [0.25, 0.3) is 0 Å². The van der Waals surface area contributed by atoms with Crippen LogP contribution in [0.2, 0.25) is 0 Å². The topological polar surface area (TPSA) is 35.0 Å². The summed E-state index contributed by atoms with van der Waals surface area (Å²) in [6, 6.07) is 0. The summed E-state index contributed by atoms with van der Waals surface area (Å²) in [6.45, 7) is 6.69. The fourth-order valence-electron chi connectivity index (χ4n) is 3.22. The zero-order valence-corrected chi connectivity index (χ0v) is 12.9. The zero-order chi connectivity index (χ0) is 14.0. The van der Waals surface area contributed by atoms with E-state index in [1.165, 1.54) is 6.42 Å². The normalized spacial score (nSPS) is 28.2. The molecule has 0 bridgehead atoms. The SMILES string of the molecule is COc1nccnc1C(C)(C)C1CCC(C)CC1Cl. The predicted octanol–water partition coefficient (Wildman–Crippen LogP) is 3.81. The molecule has 1 saturated carbocycles. The van der Waals surface area contributed by atoms with E-state index in [-0.39, 0.29) is 10.8 Å². The Labute approximate surface area is 120 Å². The lowest BCUT2D eigenvalue weighted by molar-refractivity contribution is 0.198. The molecule has 4 heteroatoms. The van der Waals surface area contributed by atoms with Crippen molar-refractivity contribution in [1.82, 2.24) is 9.97 Å². The summed E-state index contributed by atoms with van der Waals surface area (Å²) in [4.78, 5) is 8.77. The highest BCUT2D eigenvalue weighted by Crippen LogP contribution is 2.45. The summed E-state index contributed by atoms with van der Waals surface area (Å²) in [6.07, 6.45) is 6.86. The maximum Gasteiger partial charge on any atom is 0.235 e. The van der Waals surface area contributed by atoms with Crippen LogP contribution in [0.3, 0.4) is 0 Å². The Hall–Kier alpha value is -0.830. The van der Waals surface area contributed by atoms with Gasteiger partial charge in [0.2, 0.25) is 5.88 Å². The van der Waals surface area contributed by atoms with E-state index in [1.807, 2.05) is 0 Å². The van der Waals surface area contributed by atoms with Crippen LogP contribution in [0, 0.1) is 11.8 Å². The Balaban J connectivity index is 2.31. The Morgan fingerprint density at radius 2 is 1.95 bits per heavy atom. The Morgan fingerprint density at radius 3 is 2.58 bits per heavy atom. The molecule has 0 radical (unpaired) electrons. The molecule has 1 aromatic heterocycles. The fraction of sp³-hybridized carbons (Fsp3) is 0.733. The highest BCUT2D eigenvalue weighted by Gasteiger charge is 2.41. The minimum Gasteiger partial charge on any atom is -0.480 e. The van der Waals surface area contributed by atoms with E-state index in [2.05, 4.69) is 30.7 Å². The molecule has 2 rings (SSSR count). The molecule has 0 N–H and O–H groups in total. The number of rotatable bonds is 3. The van der Waals surface area contributed by atoms with Crippen molar-refractivity contribution in [3.8, 4) is 5.88 Å². The highest BCUT2D eigenvalue weighted by atomic mass is 35.5. The second kappa shape index (κ2) is 5.66. The number of hydrogen-bond acceptors (Lipinski definition) is 3. The largest absolute Gasteiger partial charge is 0.480 e. The lowest BCUT2D eigenvalue weighted by atomic mass is 9.67. The van der Waals surface area contributed by atoms with Crippen molar-refractivity contribution in [2.24, 2.45) is 11.8 Å². The van der Waals surface area contributed by atoms with Crippen molar-refractivity contribution >= 4 is 11.6 Å². The number of nitrogens with zero attached hydrogens (tertiary/aromatic N) is 2. The molecule has 1 aliphatic carbocycles. The van der Waals surface area contributed by atoms with Gasteiger partial charge in [0.15, 0.2) is 0 Å². The molecule has 0 amide bonds. The third kappa shape index (κ3) is 2.86. The molecule has 1 aliphatic rings. The van der Waals surface area contributed by atoms with Crippen LogP contribution in [0.15, 0.2) is 12.4 Å².